The van der Waals surface area contributed by atoms with Crippen LogP contribution in [-0.4, -0.2) is 53.6 Å². The molecule has 0 saturated carbocycles. The fraction of sp³-hybridized carbons (Fsp3) is 0.583. The van der Waals surface area contributed by atoms with Crippen LogP contribution in [0.25, 0.3) is 0 Å². The number of hydrogen-bond donors (Lipinski definition) is 2. The van der Waals surface area contributed by atoms with Crippen LogP contribution in [0.5, 0.6) is 5.88 Å². The zero-order valence-corrected chi connectivity index (χ0v) is 15.4. The van der Waals surface area contributed by atoms with E-state index in [2.05, 4.69) is 9.97 Å². The summed E-state index contributed by atoms with van der Waals surface area (Å²) in [6.07, 6.45) is -1.83. The Balaban J connectivity index is 0.00000108. The van der Waals surface area contributed by atoms with Crippen molar-refractivity contribution in [3.8, 4) is 5.88 Å². The lowest BCUT2D eigenvalue weighted by Gasteiger charge is -2.21. The molecule has 1 aromatic rings. The highest BCUT2D eigenvalue weighted by Gasteiger charge is 2.22. The minimum absolute atomic E-state index is 0.376. The second-order valence-corrected chi connectivity index (χ2v) is 7.13. The maximum Gasteiger partial charge on any atom is 0.503 e. The molecule has 9 nitrogen and oxygen atoms in total. The van der Waals surface area contributed by atoms with Crippen molar-refractivity contribution in [2.75, 3.05) is 32.2 Å². The molecule has 0 saturated heterocycles. The number of nitrogens with zero attached hydrogens (tertiary/aromatic N) is 3. The molecule has 2 N–H and O–H groups in total. The molecule has 0 aliphatic carbocycles. The van der Waals surface area contributed by atoms with E-state index in [1.807, 2.05) is 34.9 Å². The van der Waals surface area contributed by atoms with Crippen LogP contribution in [0.2, 0.25) is 0 Å². The van der Waals surface area contributed by atoms with E-state index in [1.54, 1.807) is 11.0 Å². The second-order valence-electron chi connectivity index (χ2n) is 4.20. The smallest absolute Gasteiger partial charge is 0.450 e. The largest absolute Gasteiger partial charge is 0.503 e. The van der Waals surface area contributed by atoms with Crippen LogP contribution in [0.15, 0.2) is 6.07 Å². The van der Waals surface area contributed by atoms with Crippen LogP contribution in [0.3, 0.4) is 0 Å². The van der Waals surface area contributed by atoms with Crippen LogP contribution >= 0.6 is 6.72 Å². The van der Waals surface area contributed by atoms with Gasteiger partial charge >= 0.3 is 12.9 Å². The first-order valence-electron chi connectivity index (χ1n) is 6.67. The van der Waals surface area contributed by atoms with Crippen molar-refractivity contribution in [2.24, 2.45) is 0 Å². The Hall–Kier alpha value is -1.48. The number of rotatable bonds is 7. The molecule has 0 bridgehead atoms. The van der Waals surface area contributed by atoms with Gasteiger partial charge in [-0.2, -0.15) is 4.98 Å². The Bertz CT molecular complexity index is 544. The summed E-state index contributed by atoms with van der Waals surface area (Å²) in [5, 5.41) is 13.9. The van der Waals surface area contributed by atoms with Crippen molar-refractivity contribution < 1.29 is 28.6 Å². The average molecular weight is 367 g/mol. The lowest BCUT2D eigenvalue weighted by Crippen LogP contribution is -2.14. The van der Waals surface area contributed by atoms with Crippen molar-refractivity contribution >= 4 is 30.6 Å². The highest BCUT2D eigenvalue weighted by atomic mass is 32.5. The molecule has 0 aliphatic rings. The lowest BCUT2D eigenvalue weighted by atomic mass is 10.4. The van der Waals surface area contributed by atoms with E-state index in [0.717, 1.165) is 5.69 Å². The summed E-state index contributed by atoms with van der Waals surface area (Å²) in [7, 11) is 3.72. The molecule has 0 radical (unpaired) electrons. The van der Waals surface area contributed by atoms with E-state index in [0.29, 0.717) is 25.0 Å². The normalized spacial score (nSPS) is 10.5. The third kappa shape index (κ3) is 9.29. The number of hydrogen-bond acceptors (Lipinski definition) is 8. The zero-order chi connectivity index (χ0) is 18.0. The van der Waals surface area contributed by atoms with Gasteiger partial charge in [0.1, 0.15) is 0 Å². The first kappa shape index (κ1) is 21.5. The summed E-state index contributed by atoms with van der Waals surface area (Å²) in [6.45, 7) is 3.64. The van der Waals surface area contributed by atoms with Gasteiger partial charge in [-0.1, -0.05) is 0 Å². The molecule has 0 fully saturated rings. The number of aryl methyl sites for hydroxylation is 1. The third-order valence-electron chi connectivity index (χ3n) is 2.00. The maximum absolute atomic E-state index is 8.56. The van der Waals surface area contributed by atoms with E-state index in [4.69, 9.17) is 40.4 Å². The summed E-state index contributed by atoms with van der Waals surface area (Å²) >= 11 is 5.30. The molecule has 0 aromatic carbocycles. The number of anilines is 1. The van der Waals surface area contributed by atoms with Crippen LogP contribution in [-0.2, 0) is 20.9 Å². The quantitative estimate of drug-likeness (QED) is 0.697. The van der Waals surface area contributed by atoms with Crippen LogP contribution in [0, 0.1) is 6.92 Å². The van der Waals surface area contributed by atoms with Gasteiger partial charge in [0.15, 0.2) is 0 Å². The fourth-order valence-corrected chi connectivity index (χ4v) is 3.29. The average Bonchev–Trinajstić information content (AvgIpc) is 2.37. The van der Waals surface area contributed by atoms with Gasteiger partial charge in [-0.3, -0.25) is 9.05 Å². The van der Waals surface area contributed by atoms with E-state index in [9.17, 15) is 0 Å². The molecule has 0 atom stereocenters. The molecule has 0 spiro atoms. The van der Waals surface area contributed by atoms with Gasteiger partial charge in [0, 0.05) is 37.7 Å². The Morgan fingerprint density at radius 3 is 2.13 bits per heavy atom. The molecule has 11 heteroatoms. The van der Waals surface area contributed by atoms with E-state index in [1.165, 1.54) is 0 Å². The highest BCUT2D eigenvalue weighted by Crippen LogP contribution is 2.49. The predicted molar refractivity (Wildman–Crippen MR) is 89.9 cm³/mol. The first-order chi connectivity index (χ1) is 10.6. The van der Waals surface area contributed by atoms with Gasteiger partial charge in [-0.25, -0.2) is 9.78 Å². The number of carboxylic acid groups (broad SMARTS) is 2. The minimum Gasteiger partial charge on any atom is -0.450 e. The van der Waals surface area contributed by atoms with Gasteiger partial charge in [0.2, 0.25) is 11.8 Å². The summed E-state index contributed by atoms with van der Waals surface area (Å²) in [5.74, 6) is 0.936. The molecule has 0 unspecified atom stereocenters. The van der Waals surface area contributed by atoms with E-state index in [-0.39, 0.29) is 0 Å². The summed E-state index contributed by atoms with van der Waals surface area (Å²) < 4.78 is 16.5. The van der Waals surface area contributed by atoms with Gasteiger partial charge in [-0.15, -0.1) is 0 Å². The third-order valence-corrected chi connectivity index (χ3v) is 4.41. The van der Waals surface area contributed by atoms with E-state index < -0.39 is 12.9 Å². The molecule has 0 aliphatic heterocycles. The van der Waals surface area contributed by atoms with Crippen LogP contribution in [0.4, 0.5) is 10.7 Å². The molecule has 1 heterocycles. The SMILES string of the molecule is CCOP(=S)(OCC)Oc1cc(C)nc(N(C)C)n1.O=C(O)O. The number of carbonyl (C=O) groups is 1. The van der Waals surface area contributed by atoms with Crippen LogP contribution < -0.4 is 9.42 Å². The fourth-order valence-electron chi connectivity index (χ4n) is 1.29. The topological polar surface area (TPSA) is 114 Å². The van der Waals surface area contributed by atoms with Crippen LogP contribution in [0.1, 0.15) is 19.5 Å². The molecule has 1 rings (SSSR count). The van der Waals surface area contributed by atoms with Crippen molar-refractivity contribution in [2.45, 2.75) is 20.8 Å². The van der Waals surface area contributed by atoms with Gasteiger partial charge in [0.05, 0.1) is 13.2 Å². The van der Waals surface area contributed by atoms with Gasteiger partial charge < -0.3 is 19.6 Å². The number of aromatic nitrogens is 2. The Morgan fingerprint density at radius 1 is 1.26 bits per heavy atom. The van der Waals surface area contributed by atoms with Gasteiger partial charge in [-0.05, 0) is 20.8 Å². The van der Waals surface area contributed by atoms with E-state index >= 15 is 0 Å². The minimum atomic E-state index is -2.79. The first-order valence-corrected chi connectivity index (χ1v) is 9.22. The summed E-state index contributed by atoms with van der Waals surface area (Å²) in [4.78, 5) is 18.9. The molecular weight excluding hydrogens is 345 g/mol. The molecular formula is C12H22N3O6PS. The zero-order valence-electron chi connectivity index (χ0n) is 13.7. The molecule has 23 heavy (non-hydrogen) atoms. The monoisotopic (exact) mass is 367 g/mol. The summed E-state index contributed by atoms with van der Waals surface area (Å²) in [6, 6.07) is 1.71. The van der Waals surface area contributed by atoms with Crippen molar-refractivity contribution in [3.63, 3.8) is 0 Å². The van der Waals surface area contributed by atoms with Crippen molar-refractivity contribution in [3.05, 3.63) is 11.8 Å². The Labute approximate surface area is 140 Å². The Morgan fingerprint density at radius 2 is 1.74 bits per heavy atom. The van der Waals surface area contributed by atoms with Gasteiger partial charge in [0.25, 0.3) is 0 Å². The highest BCUT2D eigenvalue weighted by molar-refractivity contribution is 8.07. The summed E-state index contributed by atoms with van der Waals surface area (Å²) in [5.41, 5.74) is 0.795. The van der Waals surface area contributed by atoms with Crippen molar-refractivity contribution in [1.29, 1.82) is 0 Å². The standard InChI is InChI=1S/C11H20N3O3PS.CH2O3/c1-6-15-18(19,16-7-2)17-10-8-9(3)12-11(13-10)14(4)5;2-1(3)4/h8H,6-7H2,1-5H3;(H2,2,3,4). The predicted octanol–water partition coefficient (Wildman–Crippen LogP) is 2.75. The maximum atomic E-state index is 8.56. The lowest BCUT2D eigenvalue weighted by molar-refractivity contribution is 0.137. The molecule has 1 aromatic heterocycles. The van der Waals surface area contributed by atoms with Crippen molar-refractivity contribution in [1.82, 2.24) is 9.97 Å². The Kier molecular flexibility index (Phi) is 9.66. The molecule has 132 valence electrons. The molecule has 0 amide bonds. The second kappa shape index (κ2) is 10.3.